The SMILES string of the molecule is COC(=O)CN(C)C(=O)COc1ccc2c(c1)nc(Nc1ccc(OC(F)(F)F)cc1)n2[C@H]1C[C@H](C)CC(C)(C)C1. The highest BCUT2D eigenvalue weighted by Crippen LogP contribution is 2.46. The molecule has 9 nitrogen and oxygen atoms in total. The molecule has 1 heterocycles. The van der Waals surface area contributed by atoms with Gasteiger partial charge in [-0.2, -0.15) is 0 Å². The second-order valence-corrected chi connectivity index (χ2v) is 11.3. The van der Waals surface area contributed by atoms with Crippen LogP contribution >= 0.6 is 0 Å². The Kier molecular flexibility index (Phi) is 8.69. The van der Waals surface area contributed by atoms with Crippen molar-refractivity contribution in [3.8, 4) is 11.5 Å². The largest absolute Gasteiger partial charge is 0.573 e. The van der Waals surface area contributed by atoms with Crippen LogP contribution in [0.1, 0.15) is 46.1 Å². The summed E-state index contributed by atoms with van der Waals surface area (Å²) < 4.78 is 54.2. The summed E-state index contributed by atoms with van der Waals surface area (Å²) in [7, 11) is 2.74. The monoisotopic (exact) mass is 576 g/mol. The first-order valence-electron chi connectivity index (χ1n) is 13.3. The van der Waals surface area contributed by atoms with Gasteiger partial charge in [0, 0.05) is 24.8 Å². The van der Waals surface area contributed by atoms with Crippen molar-refractivity contribution in [2.75, 3.05) is 32.6 Å². The molecule has 1 aliphatic carbocycles. The van der Waals surface area contributed by atoms with Crippen molar-refractivity contribution < 1.29 is 37.0 Å². The summed E-state index contributed by atoms with van der Waals surface area (Å²) in [6.45, 7) is 6.28. The van der Waals surface area contributed by atoms with Gasteiger partial charge in [-0.25, -0.2) is 4.98 Å². The number of nitrogens with one attached hydrogen (secondary N) is 1. The van der Waals surface area contributed by atoms with Gasteiger partial charge in [0.15, 0.2) is 6.61 Å². The predicted octanol–water partition coefficient (Wildman–Crippen LogP) is 6.08. The van der Waals surface area contributed by atoms with E-state index in [9.17, 15) is 22.8 Å². The number of likely N-dealkylation sites (N-methyl/N-ethyl adjacent to an activating group) is 1. The molecule has 2 aromatic carbocycles. The van der Waals surface area contributed by atoms with Gasteiger partial charge in [-0.05, 0) is 67.0 Å². The number of amides is 1. The summed E-state index contributed by atoms with van der Waals surface area (Å²) in [5.41, 5.74) is 2.16. The minimum absolute atomic E-state index is 0.117. The smallest absolute Gasteiger partial charge is 0.484 e. The zero-order valence-electron chi connectivity index (χ0n) is 23.7. The van der Waals surface area contributed by atoms with Crippen molar-refractivity contribution in [2.24, 2.45) is 11.3 Å². The number of imidazole rings is 1. The van der Waals surface area contributed by atoms with Crippen molar-refractivity contribution >= 4 is 34.5 Å². The van der Waals surface area contributed by atoms with Crippen molar-refractivity contribution in [1.82, 2.24) is 14.5 Å². The van der Waals surface area contributed by atoms with Crippen LogP contribution in [-0.4, -0.2) is 60.0 Å². The number of carbonyl (C=O) groups excluding carboxylic acids is 2. The number of nitrogens with zero attached hydrogens (tertiary/aromatic N) is 3. The number of ether oxygens (including phenoxy) is 3. The highest BCUT2D eigenvalue weighted by Gasteiger charge is 2.35. The third-order valence-corrected chi connectivity index (χ3v) is 7.12. The molecule has 0 saturated heterocycles. The molecule has 1 amide bonds. The third-order valence-electron chi connectivity index (χ3n) is 7.12. The highest BCUT2D eigenvalue weighted by molar-refractivity contribution is 5.84. The molecule has 0 unspecified atom stereocenters. The highest BCUT2D eigenvalue weighted by atomic mass is 19.4. The maximum Gasteiger partial charge on any atom is 0.573 e. The number of rotatable bonds is 9. The zero-order valence-corrected chi connectivity index (χ0v) is 23.7. The Morgan fingerprint density at radius 3 is 2.44 bits per heavy atom. The average Bonchev–Trinajstić information content (AvgIpc) is 3.23. The molecule has 12 heteroatoms. The van der Waals surface area contributed by atoms with E-state index in [0.717, 1.165) is 24.8 Å². The second-order valence-electron chi connectivity index (χ2n) is 11.3. The lowest BCUT2D eigenvalue weighted by atomic mass is 9.70. The zero-order chi connectivity index (χ0) is 29.9. The van der Waals surface area contributed by atoms with Gasteiger partial charge in [-0.15, -0.1) is 13.2 Å². The van der Waals surface area contributed by atoms with Crippen LogP contribution < -0.4 is 14.8 Å². The number of carbonyl (C=O) groups is 2. The number of hydrogen-bond donors (Lipinski definition) is 1. The van der Waals surface area contributed by atoms with Crippen LogP contribution in [0, 0.1) is 11.3 Å². The molecule has 1 fully saturated rings. The molecule has 2 atom stereocenters. The van der Waals surface area contributed by atoms with Gasteiger partial charge >= 0.3 is 12.3 Å². The van der Waals surface area contributed by atoms with Crippen molar-refractivity contribution in [1.29, 1.82) is 0 Å². The quantitative estimate of drug-likeness (QED) is 0.309. The van der Waals surface area contributed by atoms with Crippen LogP contribution in [-0.2, 0) is 14.3 Å². The number of fused-ring (bicyclic) bond motifs is 1. The Hall–Kier alpha value is -3.96. The molecule has 0 aliphatic heterocycles. The maximum absolute atomic E-state index is 12.6. The van der Waals surface area contributed by atoms with Gasteiger partial charge in [-0.3, -0.25) is 9.59 Å². The summed E-state index contributed by atoms with van der Waals surface area (Å²) in [6.07, 6.45) is -1.79. The van der Waals surface area contributed by atoms with Gasteiger partial charge in [0.25, 0.3) is 5.91 Å². The van der Waals surface area contributed by atoms with Crippen molar-refractivity contribution in [2.45, 2.75) is 52.4 Å². The molecular weight excluding hydrogens is 541 g/mol. The fourth-order valence-corrected chi connectivity index (χ4v) is 5.59. The van der Waals surface area contributed by atoms with E-state index in [-0.39, 0.29) is 36.3 Å². The van der Waals surface area contributed by atoms with Crippen LogP contribution in [0.5, 0.6) is 11.5 Å². The number of esters is 1. The van der Waals surface area contributed by atoms with Gasteiger partial charge < -0.3 is 29.0 Å². The first-order valence-corrected chi connectivity index (χ1v) is 13.3. The molecule has 41 heavy (non-hydrogen) atoms. The Bertz CT molecular complexity index is 1390. The molecular formula is C29H35F3N4O5. The number of aromatic nitrogens is 2. The van der Waals surface area contributed by atoms with Crippen molar-refractivity contribution in [3.05, 3.63) is 42.5 Å². The first kappa shape index (κ1) is 30.0. The summed E-state index contributed by atoms with van der Waals surface area (Å²) >= 11 is 0. The Morgan fingerprint density at radius 2 is 1.80 bits per heavy atom. The van der Waals surface area contributed by atoms with E-state index in [4.69, 9.17) is 9.72 Å². The number of benzene rings is 2. The fraction of sp³-hybridized carbons (Fsp3) is 0.483. The summed E-state index contributed by atoms with van der Waals surface area (Å²) in [6, 6.07) is 11.0. The first-order chi connectivity index (χ1) is 19.2. The van der Waals surface area contributed by atoms with E-state index >= 15 is 0 Å². The van der Waals surface area contributed by atoms with E-state index in [2.05, 4.69) is 40.1 Å². The van der Waals surface area contributed by atoms with Crippen LogP contribution in [0.25, 0.3) is 11.0 Å². The Morgan fingerprint density at radius 1 is 1.12 bits per heavy atom. The lowest BCUT2D eigenvalue weighted by Crippen LogP contribution is -2.35. The summed E-state index contributed by atoms with van der Waals surface area (Å²) in [4.78, 5) is 29.9. The number of methoxy groups -OCH3 is 1. The van der Waals surface area contributed by atoms with Gasteiger partial charge in [-0.1, -0.05) is 20.8 Å². The summed E-state index contributed by atoms with van der Waals surface area (Å²) in [5.74, 6) is 0.233. The van der Waals surface area contributed by atoms with E-state index in [1.54, 1.807) is 12.1 Å². The molecule has 4 rings (SSSR count). The Balaban J connectivity index is 1.61. The van der Waals surface area contributed by atoms with Crippen LogP contribution in [0.4, 0.5) is 24.8 Å². The van der Waals surface area contributed by atoms with E-state index in [1.165, 1.54) is 43.3 Å². The molecule has 222 valence electrons. The molecule has 0 spiro atoms. The van der Waals surface area contributed by atoms with Crippen molar-refractivity contribution in [3.63, 3.8) is 0 Å². The minimum atomic E-state index is -4.77. The molecule has 1 saturated carbocycles. The molecule has 3 aromatic rings. The standard InChI is InChI=1S/C29H35F3N4O5/c1-18-12-20(15-28(2,3)14-18)36-24-11-10-22(40-17-25(37)35(4)16-26(38)39-5)13-23(24)34-27(36)33-19-6-8-21(9-7-19)41-29(30,31)32/h6-11,13,18,20H,12,14-17H2,1-5H3,(H,33,34)/t18-,20-/m0/s1. The second kappa shape index (κ2) is 11.9. The van der Waals surface area contributed by atoms with Gasteiger partial charge in [0.2, 0.25) is 5.95 Å². The van der Waals surface area contributed by atoms with Crippen LogP contribution in [0.15, 0.2) is 42.5 Å². The van der Waals surface area contributed by atoms with E-state index in [1.807, 2.05) is 6.07 Å². The minimum Gasteiger partial charge on any atom is -0.484 e. The number of alkyl halides is 3. The lowest BCUT2D eigenvalue weighted by Gasteiger charge is -2.40. The average molecular weight is 577 g/mol. The van der Waals surface area contributed by atoms with E-state index in [0.29, 0.717) is 28.8 Å². The normalized spacial score (nSPS) is 18.5. The molecule has 1 N–H and O–H groups in total. The molecule has 0 radical (unpaired) electrons. The molecule has 1 aromatic heterocycles. The van der Waals surface area contributed by atoms with Gasteiger partial charge in [0.1, 0.15) is 18.0 Å². The Labute approximate surface area is 236 Å². The van der Waals surface area contributed by atoms with Gasteiger partial charge in [0.05, 0.1) is 18.1 Å². The number of halogens is 3. The molecule has 1 aliphatic rings. The number of hydrogen-bond acceptors (Lipinski definition) is 7. The lowest BCUT2D eigenvalue weighted by molar-refractivity contribution is -0.274. The fourth-order valence-electron chi connectivity index (χ4n) is 5.59. The topological polar surface area (TPSA) is 94.9 Å². The summed E-state index contributed by atoms with van der Waals surface area (Å²) in [5, 5.41) is 3.27. The molecule has 0 bridgehead atoms. The van der Waals surface area contributed by atoms with E-state index < -0.39 is 12.3 Å². The number of anilines is 2. The predicted molar refractivity (Wildman–Crippen MR) is 147 cm³/mol. The maximum atomic E-state index is 12.6. The van der Waals surface area contributed by atoms with Crippen LogP contribution in [0.3, 0.4) is 0 Å². The third kappa shape index (κ3) is 7.83. The van der Waals surface area contributed by atoms with Crippen LogP contribution in [0.2, 0.25) is 0 Å².